The Morgan fingerprint density at radius 3 is 2.50 bits per heavy atom. The lowest BCUT2D eigenvalue weighted by Crippen LogP contribution is -2.45. The van der Waals surface area contributed by atoms with Gasteiger partial charge in [-0.3, -0.25) is 4.79 Å². The number of carbonyl (C=O) groups is 3. The number of hydrogen-bond donors (Lipinski definition) is 4. The topological polar surface area (TPSA) is 139 Å². The number of nitrogens with zero attached hydrogens (tertiary/aromatic N) is 1. The van der Waals surface area contributed by atoms with Crippen LogP contribution in [0.5, 0.6) is 11.5 Å². The number of hydrogen-bond acceptors (Lipinski definition) is 8. The third-order valence-corrected chi connectivity index (χ3v) is 7.06. The van der Waals surface area contributed by atoms with Crippen LogP contribution >= 0.6 is 45.2 Å². The summed E-state index contributed by atoms with van der Waals surface area (Å²) in [5.41, 5.74) is 5.57. The summed E-state index contributed by atoms with van der Waals surface area (Å²) in [6.07, 6.45) is 1.56. The normalized spacial score (nSPS) is 15.0. The number of rotatable bonds is 10. The molecule has 1 atom stereocenters. The first kappa shape index (κ1) is 29.5. The summed E-state index contributed by atoms with van der Waals surface area (Å²) in [7, 11) is 3.31. The molecule has 1 aliphatic rings. The number of anilines is 1. The van der Waals surface area contributed by atoms with Gasteiger partial charge in [0.25, 0.3) is 5.91 Å². The zero-order valence-electron chi connectivity index (χ0n) is 21.1. The maximum absolute atomic E-state index is 12.5. The van der Waals surface area contributed by atoms with Gasteiger partial charge in [0.2, 0.25) is 0 Å². The van der Waals surface area contributed by atoms with Crippen molar-refractivity contribution in [2.24, 2.45) is 5.10 Å². The SMILES string of the molecule is CCOC(=O)C1=C(C)NC(=O)N[C@@H]1c1ccc(OCC(=O)N/N=C\c2cc(I)c(NC)c(I)c2)c(OC)c1. The number of ether oxygens (including phenoxy) is 3. The van der Waals surface area contributed by atoms with Crippen LogP contribution in [-0.2, 0) is 14.3 Å². The second kappa shape index (κ2) is 13.6. The fraction of sp³-hybridized carbons (Fsp3) is 0.280. The Morgan fingerprint density at radius 1 is 1.16 bits per heavy atom. The lowest BCUT2D eigenvalue weighted by atomic mass is 9.95. The lowest BCUT2D eigenvalue weighted by Gasteiger charge is -2.28. The molecule has 4 N–H and O–H groups in total. The minimum Gasteiger partial charge on any atom is -0.493 e. The number of hydrazone groups is 1. The van der Waals surface area contributed by atoms with E-state index < -0.39 is 23.9 Å². The van der Waals surface area contributed by atoms with Crippen molar-refractivity contribution in [2.75, 3.05) is 32.7 Å². The van der Waals surface area contributed by atoms with E-state index in [0.29, 0.717) is 22.8 Å². The predicted octanol–water partition coefficient (Wildman–Crippen LogP) is 3.67. The molecule has 0 unspecified atom stereocenters. The van der Waals surface area contributed by atoms with E-state index in [9.17, 15) is 14.4 Å². The van der Waals surface area contributed by atoms with Crippen molar-refractivity contribution in [1.29, 1.82) is 0 Å². The first-order chi connectivity index (χ1) is 18.2. The van der Waals surface area contributed by atoms with Gasteiger partial charge in [0, 0.05) is 19.9 Å². The van der Waals surface area contributed by atoms with E-state index in [-0.39, 0.29) is 18.8 Å². The summed E-state index contributed by atoms with van der Waals surface area (Å²) in [6, 6.07) is 7.60. The molecule has 202 valence electrons. The highest BCUT2D eigenvalue weighted by Crippen LogP contribution is 2.34. The van der Waals surface area contributed by atoms with Crippen molar-refractivity contribution in [3.8, 4) is 11.5 Å². The molecule has 3 amide bonds. The summed E-state index contributed by atoms with van der Waals surface area (Å²) in [6.45, 7) is 3.22. The number of methoxy groups -OCH3 is 1. The van der Waals surface area contributed by atoms with Gasteiger partial charge < -0.3 is 30.2 Å². The summed E-state index contributed by atoms with van der Waals surface area (Å²) < 4.78 is 18.3. The Balaban J connectivity index is 1.68. The van der Waals surface area contributed by atoms with Crippen LogP contribution in [0.3, 0.4) is 0 Å². The fourth-order valence-electron chi connectivity index (χ4n) is 3.67. The van der Waals surface area contributed by atoms with E-state index in [2.05, 4.69) is 71.7 Å². The molecule has 0 aliphatic carbocycles. The first-order valence-corrected chi connectivity index (χ1v) is 13.6. The summed E-state index contributed by atoms with van der Waals surface area (Å²) >= 11 is 4.46. The van der Waals surface area contributed by atoms with Gasteiger partial charge in [-0.25, -0.2) is 15.0 Å². The van der Waals surface area contributed by atoms with Crippen LogP contribution in [0.2, 0.25) is 0 Å². The summed E-state index contributed by atoms with van der Waals surface area (Å²) in [5.74, 6) is -0.374. The Labute approximate surface area is 247 Å². The number of nitrogens with one attached hydrogen (secondary N) is 4. The Kier molecular flexibility index (Phi) is 10.6. The van der Waals surface area contributed by atoms with Gasteiger partial charge in [-0.05, 0) is 94.4 Å². The second-order valence-electron chi connectivity index (χ2n) is 7.89. The Bertz CT molecular complexity index is 1270. The highest BCUT2D eigenvalue weighted by atomic mass is 127. The van der Waals surface area contributed by atoms with E-state index in [4.69, 9.17) is 14.2 Å². The van der Waals surface area contributed by atoms with E-state index in [1.165, 1.54) is 7.11 Å². The zero-order chi connectivity index (χ0) is 27.8. The minimum absolute atomic E-state index is 0.194. The molecule has 0 radical (unpaired) electrons. The molecule has 13 heteroatoms. The van der Waals surface area contributed by atoms with Crippen molar-refractivity contribution < 1.29 is 28.6 Å². The van der Waals surface area contributed by atoms with Crippen molar-refractivity contribution in [2.45, 2.75) is 19.9 Å². The van der Waals surface area contributed by atoms with E-state index >= 15 is 0 Å². The third kappa shape index (κ3) is 7.27. The largest absolute Gasteiger partial charge is 0.493 e. The molecule has 38 heavy (non-hydrogen) atoms. The number of amides is 3. The molecule has 11 nitrogen and oxygen atoms in total. The molecule has 0 spiro atoms. The molecule has 0 bridgehead atoms. The van der Waals surface area contributed by atoms with Crippen molar-refractivity contribution in [3.05, 3.63) is 59.9 Å². The van der Waals surface area contributed by atoms with E-state index in [0.717, 1.165) is 18.4 Å². The number of esters is 1. The average Bonchev–Trinajstić information content (AvgIpc) is 2.86. The van der Waals surface area contributed by atoms with E-state index in [1.807, 2.05) is 19.2 Å². The Hall–Kier alpha value is -3.08. The highest BCUT2D eigenvalue weighted by Gasteiger charge is 2.32. The molecule has 1 aliphatic heterocycles. The second-order valence-corrected chi connectivity index (χ2v) is 10.2. The minimum atomic E-state index is -0.753. The van der Waals surface area contributed by atoms with Crippen LogP contribution in [0.4, 0.5) is 10.5 Å². The predicted molar refractivity (Wildman–Crippen MR) is 159 cm³/mol. The highest BCUT2D eigenvalue weighted by molar-refractivity contribution is 14.1. The number of benzene rings is 2. The van der Waals surface area contributed by atoms with Gasteiger partial charge in [-0.1, -0.05) is 6.07 Å². The van der Waals surface area contributed by atoms with Crippen molar-refractivity contribution in [1.82, 2.24) is 16.1 Å². The quantitative estimate of drug-likeness (QED) is 0.126. The molecular weight excluding hydrogens is 720 g/mol. The molecule has 1 heterocycles. The zero-order valence-corrected chi connectivity index (χ0v) is 25.4. The van der Waals surface area contributed by atoms with Crippen molar-refractivity contribution >= 4 is 75.0 Å². The van der Waals surface area contributed by atoms with E-state index in [1.54, 1.807) is 38.3 Å². The van der Waals surface area contributed by atoms with Gasteiger partial charge >= 0.3 is 12.0 Å². The molecule has 2 aromatic carbocycles. The lowest BCUT2D eigenvalue weighted by molar-refractivity contribution is -0.139. The number of halogens is 2. The Morgan fingerprint density at radius 2 is 1.87 bits per heavy atom. The third-order valence-electron chi connectivity index (χ3n) is 5.36. The monoisotopic (exact) mass is 747 g/mol. The average molecular weight is 747 g/mol. The molecule has 0 fully saturated rings. The van der Waals surface area contributed by atoms with Crippen LogP contribution in [0.15, 0.2) is 46.7 Å². The number of carbonyl (C=O) groups excluding carboxylic acids is 3. The molecule has 0 saturated heterocycles. The van der Waals surface area contributed by atoms with Gasteiger partial charge in [-0.2, -0.15) is 5.10 Å². The van der Waals surface area contributed by atoms with Crippen LogP contribution in [-0.4, -0.2) is 51.5 Å². The van der Waals surface area contributed by atoms with Crippen molar-refractivity contribution in [3.63, 3.8) is 0 Å². The van der Waals surface area contributed by atoms with Gasteiger partial charge in [-0.15, -0.1) is 0 Å². The van der Waals surface area contributed by atoms with Crippen LogP contribution in [0.1, 0.15) is 31.0 Å². The molecule has 2 aromatic rings. The van der Waals surface area contributed by atoms with Gasteiger partial charge in [0.15, 0.2) is 18.1 Å². The van der Waals surface area contributed by atoms with Crippen LogP contribution in [0.25, 0.3) is 0 Å². The number of allylic oxidation sites excluding steroid dienone is 1. The van der Waals surface area contributed by atoms with Crippen LogP contribution < -0.4 is 30.8 Å². The van der Waals surface area contributed by atoms with Crippen LogP contribution in [0, 0.1) is 7.14 Å². The molecule has 0 saturated carbocycles. The number of urea groups is 1. The maximum Gasteiger partial charge on any atom is 0.338 e. The smallest absolute Gasteiger partial charge is 0.338 e. The summed E-state index contributed by atoms with van der Waals surface area (Å²) in [4.78, 5) is 36.9. The van der Waals surface area contributed by atoms with Gasteiger partial charge in [0.05, 0.1) is 37.2 Å². The maximum atomic E-state index is 12.5. The first-order valence-electron chi connectivity index (χ1n) is 11.4. The molecule has 3 rings (SSSR count). The standard InChI is InChI=1S/C25H27I2N5O6/c1-5-37-24(34)21-13(2)30-25(35)31-22(21)15-6-7-18(19(10-15)36-4)38-12-20(33)32-29-11-14-8-16(26)23(28-3)17(27)9-14/h6-11,22,28H,5,12H2,1-4H3,(H,32,33)(H2,30,31,35)/b29-11-/t22-/m1/s1. The van der Waals surface area contributed by atoms with Gasteiger partial charge in [0.1, 0.15) is 0 Å². The molecule has 0 aromatic heterocycles. The fourth-order valence-corrected chi connectivity index (χ4v) is 6.02. The summed E-state index contributed by atoms with van der Waals surface area (Å²) in [5, 5.41) is 12.5. The molecular formula is C25H27I2N5O6.